The van der Waals surface area contributed by atoms with Crippen molar-refractivity contribution in [2.45, 2.75) is 38.8 Å². The molecule has 6 heterocycles. The Labute approximate surface area is 194 Å². The Balaban J connectivity index is 1.14. The fraction of sp³-hybridized carbons (Fsp3) is 0.417. The third kappa shape index (κ3) is 3.85. The summed E-state index contributed by atoms with van der Waals surface area (Å²) in [7, 11) is 0. The maximum atomic E-state index is 4.77. The van der Waals surface area contributed by atoms with Crippen LogP contribution in [0.1, 0.15) is 60.2 Å². The van der Waals surface area contributed by atoms with Crippen LogP contribution in [0.4, 0.5) is 0 Å². The number of hydrogen-bond acceptors (Lipinski definition) is 6. The molecular formula is C24H24N6S2. The summed E-state index contributed by atoms with van der Waals surface area (Å²) < 4.78 is 0. The molecule has 6 nitrogen and oxygen atoms in total. The Morgan fingerprint density at radius 1 is 0.781 bits per heavy atom. The second-order valence-corrected chi connectivity index (χ2v) is 11.1. The third-order valence-corrected chi connectivity index (χ3v) is 8.08. The SMILES string of the molecule is C[C@@H]1CNC(c2nc3sc(C#CC#Cc4cc5[nH]c(C6C[C@H](C)CN6)nc5s4)cc3[nH]2)C1. The molecule has 4 aromatic rings. The van der Waals surface area contributed by atoms with Crippen LogP contribution in [-0.2, 0) is 0 Å². The van der Waals surface area contributed by atoms with Crippen molar-refractivity contribution < 1.29 is 0 Å². The Kier molecular flexibility index (Phi) is 5.04. The van der Waals surface area contributed by atoms with Gasteiger partial charge in [0.25, 0.3) is 0 Å². The van der Waals surface area contributed by atoms with E-state index in [2.05, 4.69) is 70.3 Å². The van der Waals surface area contributed by atoms with Crippen molar-refractivity contribution in [3.05, 3.63) is 33.5 Å². The van der Waals surface area contributed by atoms with Gasteiger partial charge in [-0.05, 0) is 73.6 Å². The highest BCUT2D eigenvalue weighted by molar-refractivity contribution is 7.19. The molecule has 8 heteroatoms. The summed E-state index contributed by atoms with van der Waals surface area (Å²) >= 11 is 3.23. The van der Waals surface area contributed by atoms with E-state index in [9.17, 15) is 0 Å². The van der Waals surface area contributed by atoms with E-state index in [-0.39, 0.29) is 0 Å². The van der Waals surface area contributed by atoms with Crippen LogP contribution in [0, 0.1) is 35.5 Å². The monoisotopic (exact) mass is 460 g/mol. The van der Waals surface area contributed by atoms with E-state index in [1.165, 1.54) is 0 Å². The molecule has 2 aliphatic rings. The summed E-state index contributed by atoms with van der Waals surface area (Å²) in [4.78, 5) is 20.4. The zero-order valence-corrected chi connectivity index (χ0v) is 19.6. The number of fused-ring (bicyclic) bond motifs is 2. The normalized spacial score (nSPS) is 25.2. The second-order valence-electron chi connectivity index (χ2n) is 9.01. The highest BCUT2D eigenvalue weighted by Crippen LogP contribution is 2.31. The van der Waals surface area contributed by atoms with E-state index in [0.717, 1.165) is 68.0 Å². The topological polar surface area (TPSA) is 81.4 Å². The summed E-state index contributed by atoms with van der Waals surface area (Å²) in [6.07, 6.45) is 2.27. The van der Waals surface area contributed by atoms with E-state index < -0.39 is 0 Å². The first kappa shape index (κ1) is 20.0. The molecule has 0 spiro atoms. The van der Waals surface area contributed by atoms with Crippen molar-refractivity contribution in [2.24, 2.45) is 11.8 Å². The molecule has 0 aromatic carbocycles. The predicted molar refractivity (Wildman–Crippen MR) is 131 cm³/mol. The van der Waals surface area contributed by atoms with Gasteiger partial charge in [0.2, 0.25) is 0 Å². The maximum Gasteiger partial charge on any atom is 0.143 e. The molecule has 2 saturated heterocycles. The standard InChI is InChI=1S/C24H24N6S2/c1-13-7-17(25-11-13)21-27-19-9-15(31-23(19)29-21)5-3-4-6-16-10-20-24(32-16)30-22(28-20)18-8-14(2)12-26-18/h9-10,13-14,17-18,25-26H,7-8,11-12H2,1-2H3,(H,27,29)(H,28,30)/t13-,14-,17?,18?/m0/s1. The Bertz CT molecular complexity index is 1240. The number of aromatic amines is 2. The van der Waals surface area contributed by atoms with E-state index in [1.807, 2.05) is 0 Å². The summed E-state index contributed by atoms with van der Waals surface area (Å²) in [6.45, 7) is 6.66. The van der Waals surface area contributed by atoms with Gasteiger partial charge in [-0.25, -0.2) is 9.97 Å². The number of nitrogens with one attached hydrogen (secondary N) is 4. The van der Waals surface area contributed by atoms with Gasteiger partial charge in [0.05, 0.1) is 32.9 Å². The molecule has 6 rings (SSSR count). The largest absolute Gasteiger partial charge is 0.340 e. The summed E-state index contributed by atoms with van der Waals surface area (Å²) in [5.41, 5.74) is 2.12. The van der Waals surface area contributed by atoms with Gasteiger partial charge in [0.1, 0.15) is 21.3 Å². The lowest BCUT2D eigenvalue weighted by Crippen LogP contribution is -2.14. The molecular weight excluding hydrogens is 436 g/mol. The van der Waals surface area contributed by atoms with Crippen LogP contribution >= 0.6 is 22.7 Å². The van der Waals surface area contributed by atoms with Crippen molar-refractivity contribution in [1.29, 1.82) is 0 Å². The zero-order chi connectivity index (χ0) is 21.7. The fourth-order valence-electron chi connectivity index (χ4n) is 4.54. The summed E-state index contributed by atoms with van der Waals surface area (Å²) in [5, 5.41) is 7.06. The number of rotatable bonds is 2. The molecule has 0 aliphatic carbocycles. The first-order valence-electron chi connectivity index (χ1n) is 11.1. The Hall–Kier alpha value is -2.62. The first-order chi connectivity index (χ1) is 15.6. The molecule has 32 heavy (non-hydrogen) atoms. The van der Waals surface area contributed by atoms with Crippen LogP contribution < -0.4 is 10.6 Å². The summed E-state index contributed by atoms with van der Waals surface area (Å²) in [6, 6.07) is 4.82. The van der Waals surface area contributed by atoms with E-state index in [0.29, 0.717) is 23.9 Å². The van der Waals surface area contributed by atoms with Crippen molar-refractivity contribution in [3.63, 3.8) is 0 Å². The lowest BCUT2D eigenvalue weighted by Gasteiger charge is -2.05. The van der Waals surface area contributed by atoms with Gasteiger partial charge in [-0.3, -0.25) is 0 Å². The highest BCUT2D eigenvalue weighted by atomic mass is 32.1. The van der Waals surface area contributed by atoms with Gasteiger partial charge in [-0.1, -0.05) is 13.8 Å². The van der Waals surface area contributed by atoms with Gasteiger partial charge in [0, 0.05) is 0 Å². The fourth-order valence-corrected chi connectivity index (χ4v) is 6.24. The molecule has 4 aromatic heterocycles. The van der Waals surface area contributed by atoms with Crippen molar-refractivity contribution in [1.82, 2.24) is 30.6 Å². The quantitative estimate of drug-likeness (QED) is 0.336. The molecule has 0 amide bonds. The van der Waals surface area contributed by atoms with Crippen LogP contribution in [0.25, 0.3) is 20.7 Å². The predicted octanol–water partition coefficient (Wildman–Crippen LogP) is 4.31. The van der Waals surface area contributed by atoms with E-state index >= 15 is 0 Å². The van der Waals surface area contributed by atoms with Crippen LogP contribution in [0.2, 0.25) is 0 Å². The van der Waals surface area contributed by atoms with E-state index in [1.54, 1.807) is 22.7 Å². The number of imidazole rings is 2. The minimum absolute atomic E-state index is 0.338. The van der Waals surface area contributed by atoms with Crippen LogP contribution in [0.5, 0.6) is 0 Å². The van der Waals surface area contributed by atoms with Gasteiger partial charge in [-0.15, -0.1) is 22.7 Å². The Morgan fingerprint density at radius 3 is 1.62 bits per heavy atom. The number of aromatic nitrogens is 4. The molecule has 2 unspecified atom stereocenters. The molecule has 2 fully saturated rings. The Morgan fingerprint density at radius 2 is 1.25 bits per heavy atom. The number of nitrogens with zero attached hydrogens (tertiary/aromatic N) is 2. The molecule has 4 N–H and O–H groups in total. The smallest absolute Gasteiger partial charge is 0.143 e. The van der Waals surface area contributed by atoms with Gasteiger partial charge in [-0.2, -0.15) is 0 Å². The molecule has 2 aliphatic heterocycles. The lowest BCUT2D eigenvalue weighted by atomic mass is 10.1. The highest BCUT2D eigenvalue weighted by Gasteiger charge is 2.26. The van der Waals surface area contributed by atoms with Crippen molar-refractivity contribution >= 4 is 43.4 Å². The van der Waals surface area contributed by atoms with Gasteiger partial charge >= 0.3 is 0 Å². The second kappa shape index (κ2) is 8.06. The number of hydrogen-bond donors (Lipinski definition) is 4. The third-order valence-electron chi connectivity index (χ3n) is 6.19. The van der Waals surface area contributed by atoms with Crippen LogP contribution in [0.3, 0.4) is 0 Å². The van der Waals surface area contributed by atoms with Crippen LogP contribution in [0.15, 0.2) is 12.1 Å². The molecule has 0 saturated carbocycles. The molecule has 0 radical (unpaired) electrons. The zero-order valence-electron chi connectivity index (χ0n) is 18.0. The number of thiophene rings is 2. The van der Waals surface area contributed by atoms with Crippen molar-refractivity contribution in [3.8, 4) is 23.7 Å². The molecule has 0 bridgehead atoms. The minimum atomic E-state index is 0.338. The van der Waals surface area contributed by atoms with Gasteiger partial charge < -0.3 is 20.6 Å². The maximum absolute atomic E-state index is 4.77. The van der Waals surface area contributed by atoms with Gasteiger partial charge in [0.15, 0.2) is 0 Å². The lowest BCUT2D eigenvalue weighted by molar-refractivity contribution is 0.589. The first-order valence-corrected chi connectivity index (χ1v) is 12.7. The summed E-state index contributed by atoms with van der Waals surface area (Å²) in [5.74, 6) is 15.8. The van der Waals surface area contributed by atoms with Crippen LogP contribution in [-0.4, -0.2) is 33.0 Å². The molecule has 4 atom stereocenters. The molecule has 162 valence electrons. The average Bonchev–Trinajstić information content (AvgIpc) is 3.54. The van der Waals surface area contributed by atoms with E-state index in [4.69, 9.17) is 9.97 Å². The average molecular weight is 461 g/mol. The minimum Gasteiger partial charge on any atom is -0.340 e. The number of H-pyrrole nitrogens is 2. The van der Waals surface area contributed by atoms with Crippen molar-refractivity contribution in [2.75, 3.05) is 13.1 Å².